The minimum absolute atomic E-state index is 0.152. The molecule has 5 nitrogen and oxygen atoms in total. The Bertz CT molecular complexity index is 983. The first-order valence-electron chi connectivity index (χ1n) is 9.66. The van der Waals surface area contributed by atoms with Gasteiger partial charge in [-0.1, -0.05) is 56.3 Å². The number of aromatic nitrogens is 1. The van der Waals surface area contributed by atoms with Crippen LogP contribution in [0.25, 0.3) is 0 Å². The molecule has 2 amide bonds. The summed E-state index contributed by atoms with van der Waals surface area (Å²) >= 11 is 0. The molecule has 1 aromatic heterocycles. The van der Waals surface area contributed by atoms with E-state index in [1.54, 1.807) is 6.07 Å². The van der Waals surface area contributed by atoms with Gasteiger partial charge in [0.2, 0.25) is 0 Å². The summed E-state index contributed by atoms with van der Waals surface area (Å²) in [5.74, 6) is -0.150. The highest BCUT2D eigenvalue weighted by Gasteiger charge is 2.14. The SMILES string of the molecule is CC(C)c1ccc(NC(=O)c2cncc(C(=O)NC(C)c3ccccc3)c2)cc1. The Balaban J connectivity index is 1.68. The van der Waals surface area contributed by atoms with E-state index in [2.05, 4.69) is 29.5 Å². The molecule has 0 radical (unpaired) electrons. The van der Waals surface area contributed by atoms with Crippen LogP contribution in [0.4, 0.5) is 5.69 Å². The number of nitrogens with one attached hydrogen (secondary N) is 2. The molecule has 0 saturated carbocycles. The van der Waals surface area contributed by atoms with Gasteiger partial charge in [0.15, 0.2) is 0 Å². The predicted molar refractivity (Wildman–Crippen MR) is 115 cm³/mol. The topological polar surface area (TPSA) is 71.1 Å². The van der Waals surface area contributed by atoms with Crippen molar-refractivity contribution in [1.82, 2.24) is 10.3 Å². The minimum atomic E-state index is -0.305. The van der Waals surface area contributed by atoms with Gasteiger partial charge in [0.25, 0.3) is 11.8 Å². The second-order valence-electron chi connectivity index (χ2n) is 7.30. The molecule has 148 valence electrons. The summed E-state index contributed by atoms with van der Waals surface area (Å²) in [6, 6.07) is 18.8. The summed E-state index contributed by atoms with van der Waals surface area (Å²) in [6.07, 6.45) is 2.91. The third kappa shape index (κ3) is 5.29. The summed E-state index contributed by atoms with van der Waals surface area (Å²) in [7, 11) is 0. The first-order valence-corrected chi connectivity index (χ1v) is 9.66. The lowest BCUT2D eigenvalue weighted by molar-refractivity contribution is 0.0939. The molecule has 0 aliphatic heterocycles. The second kappa shape index (κ2) is 9.15. The van der Waals surface area contributed by atoms with Crippen molar-refractivity contribution in [1.29, 1.82) is 0 Å². The Hall–Kier alpha value is -3.47. The predicted octanol–water partition coefficient (Wildman–Crippen LogP) is 4.95. The third-order valence-corrected chi connectivity index (χ3v) is 4.75. The molecule has 1 unspecified atom stereocenters. The van der Waals surface area contributed by atoms with E-state index in [9.17, 15) is 9.59 Å². The van der Waals surface area contributed by atoms with E-state index >= 15 is 0 Å². The average molecular weight is 387 g/mol. The van der Waals surface area contributed by atoms with Gasteiger partial charge in [-0.05, 0) is 42.2 Å². The molecule has 0 aliphatic rings. The molecule has 5 heteroatoms. The van der Waals surface area contributed by atoms with Crippen molar-refractivity contribution in [3.63, 3.8) is 0 Å². The lowest BCUT2D eigenvalue weighted by atomic mass is 10.0. The Morgan fingerprint density at radius 3 is 2.03 bits per heavy atom. The number of anilines is 1. The molecule has 2 N–H and O–H groups in total. The van der Waals surface area contributed by atoms with Gasteiger partial charge in [0.1, 0.15) is 0 Å². The Morgan fingerprint density at radius 2 is 1.41 bits per heavy atom. The van der Waals surface area contributed by atoms with Crippen molar-refractivity contribution in [2.24, 2.45) is 0 Å². The molecule has 0 fully saturated rings. The van der Waals surface area contributed by atoms with Crippen molar-refractivity contribution in [2.75, 3.05) is 5.32 Å². The molecule has 29 heavy (non-hydrogen) atoms. The van der Waals surface area contributed by atoms with Crippen LogP contribution in [0.5, 0.6) is 0 Å². The van der Waals surface area contributed by atoms with Crippen molar-refractivity contribution >= 4 is 17.5 Å². The van der Waals surface area contributed by atoms with Crippen LogP contribution in [0.1, 0.15) is 64.6 Å². The molecule has 3 aromatic rings. The molecular formula is C24H25N3O2. The lowest BCUT2D eigenvalue weighted by Crippen LogP contribution is -2.27. The summed E-state index contributed by atoms with van der Waals surface area (Å²) in [5, 5.41) is 5.78. The average Bonchev–Trinajstić information content (AvgIpc) is 2.74. The van der Waals surface area contributed by atoms with E-state index < -0.39 is 0 Å². The van der Waals surface area contributed by atoms with E-state index in [0.717, 1.165) is 5.56 Å². The zero-order chi connectivity index (χ0) is 20.8. The highest BCUT2D eigenvalue weighted by Crippen LogP contribution is 2.18. The molecule has 3 rings (SSSR count). The van der Waals surface area contributed by atoms with Gasteiger partial charge in [-0.3, -0.25) is 14.6 Å². The van der Waals surface area contributed by atoms with Gasteiger partial charge in [-0.2, -0.15) is 0 Å². The molecule has 1 atom stereocenters. The molecule has 0 spiro atoms. The third-order valence-electron chi connectivity index (χ3n) is 4.75. The number of hydrogen-bond acceptors (Lipinski definition) is 3. The quantitative estimate of drug-likeness (QED) is 0.629. The Kier molecular flexibility index (Phi) is 6.39. The molecule has 0 aliphatic carbocycles. The van der Waals surface area contributed by atoms with Crippen LogP contribution < -0.4 is 10.6 Å². The smallest absolute Gasteiger partial charge is 0.257 e. The standard InChI is InChI=1S/C24H25N3O2/c1-16(2)18-9-11-22(12-10-18)27-24(29)21-13-20(14-25-15-21)23(28)26-17(3)19-7-5-4-6-8-19/h4-17H,1-3H3,(H,26,28)(H,27,29). The van der Waals surface area contributed by atoms with Crippen LogP contribution in [-0.2, 0) is 0 Å². The number of hydrogen-bond donors (Lipinski definition) is 2. The van der Waals surface area contributed by atoms with E-state index in [1.807, 2.05) is 61.5 Å². The van der Waals surface area contributed by atoms with Crippen LogP contribution >= 0.6 is 0 Å². The number of amides is 2. The Morgan fingerprint density at radius 1 is 0.793 bits per heavy atom. The van der Waals surface area contributed by atoms with Gasteiger partial charge in [0.05, 0.1) is 17.2 Å². The lowest BCUT2D eigenvalue weighted by Gasteiger charge is -2.14. The fraction of sp³-hybridized carbons (Fsp3) is 0.208. The number of benzene rings is 2. The van der Waals surface area contributed by atoms with E-state index in [4.69, 9.17) is 0 Å². The van der Waals surface area contributed by atoms with Crippen LogP contribution in [0, 0.1) is 0 Å². The van der Waals surface area contributed by atoms with Crippen LogP contribution in [0.3, 0.4) is 0 Å². The summed E-state index contributed by atoms with van der Waals surface area (Å²) < 4.78 is 0. The summed E-state index contributed by atoms with van der Waals surface area (Å²) in [6.45, 7) is 6.15. The largest absolute Gasteiger partial charge is 0.345 e. The van der Waals surface area contributed by atoms with Crippen molar-refractivity contribution in [2.45, 2.75) is 32.7 Å². The molecule has 1 heterocycles. The van der Waals surface area contributed by atoms with Crippen molar-refractivity contribution in [3.8, 4) is 0 Å². The van der Waals surface area contributed by atoms with E-state index in [0.29, 0.717) is 22.7 Å². The molecular weight excluding hydrogens is 362 g/mol. The van der Waals surface area contributed by atoms with Gasteiger partial charge >= 0.3 is 0 Å². The minimum Gasteiger partial charge on any atom is -0.345 e. The second-order valence-corrected chi connectivity index (χ2v) is 7.30. The van der Waals surface area contributed by atoms with Crippen molar-refractivity contribution in [3.05, 3.63) is 95.3 Å². The van der Waals surface area contributed by atoms with Gasteiger partial charge in [-0.25, -0.2) is 0 Å². The summed E-state index contributed by atoms with van der Waals surface area (Å²) in [5.41, 5.74) is 3.59. The summed E-state index contributed by atoms with van der Waals surface area (Å²) in [4.78, 5) is 29.2. The fourth-order valence-electron chi connectivity index (χ4n) is 2.95. The highest BCUT2D eigenvalue weighted by molar-refractivity contribution is 6.05. The van der Waals surface area contributed by atoms with E-state index in [1.165, 1.54) is 18.0 Å². The number of pyridine rings is 1. The van der Waals surface area contributed by atoms with E-state index in [-0.39, 0.29) is 17.9 Å². The highest BCUT2D eigenvalue weighted by atomic mass is 16.2. The first-order chi connectivity index (χ1) is 13.9. The maximum atomic E-state index is 12.6. The number of rotatable bonds is 6. The maximum Gasteiger partial charge on any atom is 0.257 e. The van der Waals surface area contributed by atoms with Crippen molar-refractivity contribution < 1.29 is 9.59 Å². The molecule has 0 bridgehead atoms. The maximum absolute atomic E-state index is 12.6. The number of carbonyl (C=O) groups is 2. The monoisotopic (exact) mass is 387 g/mol. The molecule has 0 saturated heterocycles. The first kappa shape index (κ1) is 20.3. The fourth-order valence-corrected chi connectivity index (χ4v) is 2.95. The zero-order valence-electron chi connectivity index (χ0n) is 16.8. The van der Waals surface area contributed by atoms with Crippen LogP contribution in [0.15, 0.2) is 73.1 Å². The number of carbonyl (C=O) groups excluding carboxylic acids is 2. The van der Waals surface area contributed by atoms with Gasteiger partial charge in [-0.15, -0.1) is 0 Å². The Labute approximate surface area is 171 Å². The number of nitrogens with zero attached hydrogens (tertiary/aromatic N) is 1. The van der Waals surface area contributed by atoms with Gasteiger partial charge in [0, 0.05) is 18.1 Å². The molecule has 2 aromatic carbocycles. The van der Waals surface area contributed by atoms with Crippen LogP contribution in [0.2, 0.25) is 0 Å². The van der Waals surface area contributed by atoms with Gasteiger partial charge < -0.3 is 10.6 Å². The zero-order valence-corrected chi connectivity index (χ0v) is 16.8. The normalized spacial score (nSPS) is 11.7. The van der Waals surface area contributed by atoms with Crippen LogP contribution in [-0.4, -0.2) is 16.8 Å².